The molecule has 0 aromatic heterocycles. The standard InChI is InChI=1S/C22H24F2N2O4/c1-14-5-7-15(8-6-14)21(28)26-11-3-4-16(13-26)20(27)25-17-9-10-18(29-2)19(12-17)30-22(23)24/h5-10,12,16,22H,3-4,11,13H2,1-2H3,(H,25,27). The number of hydrogen-bond acceptors (Lipinski definition) is 4. The molecule has 1 aliphatic heterocycles. The van der Waals surface area contributed by atoms with Gasteiger partial charge in [-0.25, -0.2) is 0 Å². The molecule has 2 aromatic rings. The maximum atomic E-state index is 12.7. The number of anilines is 1. The highest BCUT2D eigenvalue weighted by atomic mass is 19.3. The molecule has 0 spiro atoms. The van der Waals surface area contributed by atoms with Gasteiger partial charge < -0.3 is 19.7 Å². The van der Waals surface area contributed by atoms with Crippen molar-refractivity contribution in [3.8, 4) is 11.5 Å². The van der Waals surface area contributed by atoms with Gasteiger partial charge in [-0.3, -0.25) is 9.59 Å². The van der Waals surface area contributed by atoms with E-state index in [-0.39, 0.29) is 23.3 Å². The van der Waals surface area contributed by atoms with Gasteiger partial charge in [-0.05, 0) is 44.0 Å². The van der Waals surface area contributed by atoms with E-state index >= 15 is 0 Å². The van der Waals surface area contributed by atoms with E-state index in [4.69, 9.17) is 4.74 Å². The van der Waals surface area contributed by atoms with Gasteiger partial charge in [-0.2, -0.15) is 8.78 Å². The van der Waals surface area contributed by atoms with Crippen LogP contribution >= 0.6 is 0 Å². The Kier molecular flexibility index (Phi) is 6.87. The zero-order valence-electron chi connectivity index (χ0n) is 16.9. The summed E-state index contributed by atoms with van der Waals surface area (Å²) in [6.45, 7) is -0.169. The normalized spacial score (nSPS) is 16.3. The summed E-state index contributed by atoms with van der Waals surface area (Å²) in [4.78, 5) is 27.2. The summed E-state index contributed by atoms with van der Waals surface area (Å²) >= 11 is 0. The Morgan fingerprint density at radius 3 is 2.53 bits per heavy atom. The van der Waals surface area contributed by atoms with Crippen molar-refractivity contribution in [2.45, 2.75) is 26.4 Å². The van der Waals surface area contributed by atoms with Gasteiger partial charge in [0.05, 0.1) is 13.0 Å². The molecule has 8 heteroatoms. The van der Waals surface area contributed by atoms with Crippen molar-refractivity contribution in [1.82, 2.24) is 4.90 Å². The molecule has 0 saturated carbocycles. The third kappa shape index (κ3) is 5.25. The van der Waals surface area contributed by atoms with Gasteiger partial charge in [0.15, 0.2) is 11.5 Å². The summed E-state index contributed by atoms with van der Waals surface area (Å²) < 4.78 is 34.6. The number of rotatable bonds is 6. The lowest BCUT2D eigenvalue weighted by Crippen LogP contribution is -2.43. The lowest BCUT2D eigenvalue weighted by Gasteiger charge is -2.32. The van der Waals surface area contributed by atoms with Crippen LogP contribution in [0.1, 0.15) is 28.8 Å². The average Bonchev–Trinajstić information content (AvgIpc) is 2.73. The molecule has 2 aromatic carbocycles. The van der Waals surface area contributed by atoms with Gasteiger partial charge >= 0.3 is 6.61 Å². The highest BCUT2D eigenvalue weighted by molar-refractivity contribution is 5.96. The van der Waals surface area contributed by atoms with Crippen LogP contribution < -0.4 is 14.8 Å². The Labute approximate surface area is 173 Å². The maximum absolute atomic E-state index is 12.7. The second kappa shape index (κ2) is 9.56. The van der Waals surface area contributed by atoms with Gasteiger partial charge in [-0.15, -0.1) is 0 Å². The fourth-order valence-corrected chi connectivity index (χ4v) is 3.44. The molecule has 0 bridgehead atoms. The number of halogens is 2. The van der Waals surface area contributed by atoms with Gasteiger partial charge in [0.1, 0.15) is 0 Å². The molecule has 0 radical (unpaired) electrons. The average molecular weight is 418 g/mol. The number of carbonyl (C=O) groups excluding carboxylic acids is 2. The molecule has 1 aliphatic rings. The van der Waals surface area contributed by atoms with Crippen LogP contribution in [0.4, 0.5) is 14.5 Å². The summed E-state index contributed by atoms with van der Waals surface area (Å²) in [7, 11) is 1.34. The van der Waals surface area contributed by atoms with Crippen LogP contribution in [0.15, 0.2) is 42.5 Å². The summed E-state index contributed by atoms with van der Waals surface area (Å²) in [6.07, 6.45) is 1.35. The molecule has 1 fully saturated rings. The number of carbonyl (C=O) groups is 2. The van der Waals surface area contributed by atoms with Crippen LogP contribution in [0.5, 0.6) is 11.5 Å². The Hall–Kier alpha value is -3.16. The van der Waals surface area contributed by atoms with E-state index in [1.807, 2.05) is 19.1 Å². The number of alkyl halides is 2. The lowest BCUT2D eigenvalue weighted by atomic mass is 9.96. The number of aryl methyl sites for hydroxylation is 1. The van der Waals surface area contributed by atoms with Crippen LogP contribution in [-0.4, -0.2) is 43.5 Å². The predicted molar refractivity (Wildman–Crippen MR) is 108 cm³/mol. The highest BCUT2D eigenvalue weighted by Crippen LogP contribution is 2.32. The Morgan fingerprint density at radius 1 is 1.13 bits per heavy atom. The quantitative estimate of drug-likeness (QED) is 0.767. The number of likely N-dealkylation sites (tertiary alicyclic amines) is 1. The number of benzene rings is 2. The Bertz CT molecular complexity index is 903. The molecule has 1 atom stereocenters. The Morgan fingerprint density at radius 2 is 1.87 bits per heavy atom. The molecule has 1 unspecified atom stereocenters. The molecule has 0 aliphatic carbocycles. The van der Waals surface area contributed by atoms with E-state index in [2.05, 4.69) is 10.1 Å². The van der Waals surface area contributed by atoms with Gasteiger partial charge in [0.25, 0.3) is 5.91 Å². The van der Waals surface area contributed by atoms with Gasteiger partial charge in [-0.1, -0.05) is 17.7 Å². The fourth-order valence-electron chi connectivity index (χ4n) is 3.44. The topological polar surface area (TPSA) is 67.9 Å². The number of piperidine rings is 1. The summed E-state index contributed by atoms with van der Waals surface area (Å²) in [5, 5.41) is 2.73. The molecular formula is C22H24F2N2O4. The molecule has 2 amide bonds. The zero-order valence-corrected chi connectivity index (χ0v) is 16.9. The summed E-state index contributed by atoms with van der Waals surface area (Å²) in [6, 6.07) is 11.6. The molecule has 1 saturated heterocycles. The van der Waals surface area contributed by atoms with Crippen molar-refractivity contribution >= 4 is 17.5 Å². The molecule has 6 nitrogen and oxygen atoms in total. The van der Waals surface area contributed by atoms with Crippen LogP contribution in [0.25, 0.3) is 0 Å². The smallest absolute Gasteiger partial charge is 0.387 e. The third-order valence-electron chi connectivity index (χ3n) is 5.03. The van der Waals surface area contributed by atoms with Gasteiger partial charge in [0.2, 0.25) is 5.91 Å². The number of methoxy groups -OCH3 is 1. The van der Waals surface area contributed by atoms with E-state index < -0.39 is 12.5 Å². The lowest BCUT2D eigenvalue weighted by molar-refractivity contribution is -0.121. The minimum absolute atomic E-state index is 0.107. The van der Waals surface area contributed by atoms with Gasteiger partial charge in [0, 0.05) is 30.4 Å². The molecular weight excluding hydrogens is 394 g/mol. The SMILES string of the molecule is COc1ccc(NC(=O)C2CCCN(C(=O)c3ccc(C)cc3)C2)cc1OC(F)F. The van der Waals surface area contributed by atoms with Crippen LogP contribution in [0.3, 0.4) is 0 Å². The molecule has 1 N–H and O–H groups in total. The van der Waals surface area contributed by atoms with Crippen molar-refractivity contribution in [2.75, 3.05) is 25.5 Å². The first-order chi connectivity index (χ1) is 14.4. The largest absolute Gasteiger partial charge is 0.493 e. The first-order valence-electron chi connectivity index (χ1n) is 9.67. The number of amides is 2. The summed E-state index contributed by atoms with van der Waals surface area (Å²) in [5.74, 6) is -0.796. The second-order valence-electron chi connectivity index (χ2n) is 7.19. The van der Waals surface area contributed by atoms with Crippen molar-refractivity contribution in [1.29, 1.82) is 0 Å². The predicted octanol–water partition coefficient (Wildman–Crippen LogP) is 4.10. The first-order valence-corrected chi connectivity index (χ1v) is 9.67. The van der Waals surface area contributed by atoms with E-state index in [0.717, 1.165) is 5.56 Å². The fraction of sp³-hybridized carbons (Fsp3) is 0.364. The van der Waals surface area contributed by atoms with Crippen LogP contribution in [-0.2, 0) is 4.79 Å². The minimum Gasteiger partial charge on any atom is -0.493 e. The molecule has 3 rings (SSSR count). The Balaban J connectivity index is 1.66. The second-order valence-corrected chi connectivity index (χ2v) is 7.19. The number of hydrogen-bond donors (Lipinski definition) is 1. The molecule has 30 heavy (non-hydrogen) atoms. The number of ether oxygens (including phenoxy) is 2. The van der Waals surface area contributed by atoms with E-state index in [9.17, 15) is 18.4 Å². The summed E-state index contributed by atoms with van der Waals surface area (Å²) in [5.41, 5.74) is 1.97. The van der Waals surface area contributed by atoms with Crippen molar-refractivity contribution < 1.29 is 27.8 Å². The van der Waals surface area contributed by atoms with Crippen LogP contribution in [0, 0.1) is 12.8 Å². The van der Waals surface area contributed by atoms with Crippen molar-refractivity contribution in [3.63, 3.8) is 0 Å². The van der Waals surface area contributed by atoms with Crippen molar-refractivity contribution in [2.24, 2.45) is 5.92 Å². The molecule has 160 valence electrons. The van der Waals surface area contributed by atoms with E-state index in [1.165, 1.54) is 19.2 Å². The number of nitrogens with zero attached hydrogens (tertiary/aromatic N) is 1. The van der Waals surface area contributed by atoms with E-state index in [0.29, 0.717) is 37.2 Å². The highest BCUT2D eigenvalue weighted by Gasteiger charge is 2.29. The monoisotopic (exact) mass is 418 g/mol. The van der Waals surface area contributed by atoms with E-state index in [1.54, 1.807) is 23.1 Å². The number of nitrogens with one attached hydrogen (secondary N) is 1. The minimum atomic E-state index is -3.01. The van der Waals surface area contributed by atoms with Crippen molar-refractivity contribution in [3.05, 3.63) is 53.6 Å². The molecule has 1 heterocycles. The zero-order chi connectivity index (χ0) is 21.7. The maximum Gasteiger partial charge on any atom is 0.387 e. The third-order valence-corrected chi connectivity index (χ3v) is 5.03. The van der Waals surface area contributed by atoms with Crippen LogP contribution in [0.2, 0.25) is 0 Å². The first kappa shape index (κ1) is 21.5.